The van der Waals surface area contributed by atoms with E-state index in [0.717, 1.165) is 12.8 Å². The Bertz CT molecular complexity index is 1360. The largest absolute Gasteiger partial charge is 0.496 e. The van der Waals surface area contributed by atoms with E-state index in [1.807, 2.05) is 0 Å². The van der Waals surface area contributed by atoms with Gasteiger partial charge in [-0.1, -0.05) is 0 Å². The van der Waals surface area contributed by atoms with Crippen LogP contribution in [-0.4, -0.2) is 45.0 Å². The van der Waals surface area contributed by atoms with E-state index in [0.29, 0.717) is 28.5 Å². The first-order valence-corrected chi connectivity index (χ1v) is 10.9. The maximum atomic E-state index is 13.2. The van der Waals surface area contributed by atoms with E-state index >= 15 is 0 Å². The van der Waals surface area contributed by atoms with Crippen molar-refractivity contribution >= 4 is 11.6 Å². The Balaban J connectivity index is 1.47. The van der Waals surface area contributed by atoms with Crippen LogP contribution in [0, 0.1) is 0 Å². The van der Waals surface area contributed by atoms with Gasteiger partial charge in [0.25, 0.3) is 5.91 Å². The zero-order chi connectivity index (χ0) is 24.4. The molecule has 11 heteroatoms. The van der Waals surface area contributed by atoms with Gasteiger partial charge in [0, 0.05) is 36.3 Å². The fourth-order valence-corrected chi connectivity index (χ4v) is 3.61. The summed E-state index contributed by atoms with van der Waals surface area (Å²) in [6, 6.07) is 8.22. The molecule has 1 amide bonds. The molecule has 1 aliphatic carbocycles. The molecule has 1 N–H and O–H groups in total. The molecule has 0 bridgehead atoms. The number of halogens is 2. The van der Waals surface area contributed by atoms with Crippen molar-refractivity contribution in [1.29, 1.82) is 0 Å². The number of alkyl halides is 2. The van der Waals surface area contributed by atoms with Crippen molar-refractivity contribution < 1.29 is 27.8 Å². The van der Waals surface area contributed by atoms with Crippen molar-refractivity contribution in [1.82, 2.24) is 24.7 Å². The molecule has 1 fully saturated rings. The average Bonchev–Trinajstić information content (AvgIpc) is 3.57. The van der Waals surface area contributed by atoms with Crippen molar-refractivity contribution in [2.24, 2.45) is 0 Å². The standard InChI is InChI=1S/C24H21F2N5O4/c1-33-18-9-14(10-19(35-24(25)26)22(18)23(32)30-15-3-4-15)17-12-29-21-11-16(5-8-31(17)21)34-13-20-27-6-2-7-28-20/h2,5-12,15,24H,3-4,13H2,1H3,(H,30,32). The number of ether oxygens (including phenoxy) is 3. The van der Waals surface area contributed by atoms with Gasteiger partial charge in [0.05, 0.1) is 19.0 Å². The predicted molar refractivity (Wildman–Crippen MR) is 121 cm³/mol. The summed E-state index contributed by atoms with van der Waals surface area (Å²) in [6.07, 6.45) is 8.30. The van der Waals surface area contributed by atoms with Crippen LogP contribution in [-0.2, 0) is 6.61 Å². The second kappa shape index (κ2) is 9.53. The van der Waals surface area contributed by atoms with Crippen molar-refractivity contribution in [3.05, 3.63) is 66.5 Å². The fraction of sp³-hybridized carbons (Fsp3) is 0.250. The summed E-state index contributed by atoms with van der Waals surface area (Å²) in [6.45, 7) is -2.92. The Kier molecular flexibility index (Phi) is 6.13. The number of hydrogen-bond acceptors (Lipinski definition) is 7. The van der Waals surface area contributed by atoms with Gasteiger partial charge in [0.1, 0.15) is 35.1 Å². The van der Waals surface area contributed by atoms with Crippen LogP contribution in [0.25, 0.3) is 16.9 Å². The maximum absolute atomic E-state index is 13.2. The number of fused-ring (bicyclic) bond motifs is 1. The molecule has 0 unspecified atom stereocenters. The minimum Gasteiger partial charge on any atom is -0.496 e. The Labute approximate surface area is 198 Å². The molecule has 0 atom stereocenters. The summed E-state index contributed by atoms with van der Waals surface area (Å²) in [5, 5.41) is 2.79. The lowest BCUT2D eigenvalue weighted by molar-refractivity contribution is -0.0502. The first-order valence-electron chi connectivity index (χ1n) is 10.9. The number of carbonyl (C=O) groups is 1. The second-order valence-electron chi connectivity index (χ2n) is 7.87. The summed E-state index contributed by atoms with van der Waals surface area (Å²) in [4.78, 5) is 25.4. The average molecular weight is 481 g/mol. The Morgan fingerprint density at radius 1 is 1.17 bits per heavy atom. The van der Waals surface area contributed by atoms with E-state index in [-0.39, 0.29) is 29.7 Å². The van der Waals surface area contributed by atoms with Gasteiger partial charge in [-0.25, -0.2) is 15.0 Å². The van der Waals surface area contributed by atoms with Gasteiger partial charge >= 0.3 is 6.61 Å². The van der Waals surface area contributed by atoms with Crippen LogP contribution in [0.15, 0.2) is 55.1 Å². The molecule has 35 heavy (non-hydrogen) atoms. The molecule has 1 aromatic carbocycles. The summed E-state index contributed by atoms with van der Waals surface area (Å²) in [5.41, 5.74) is 1.57. The molecule has 0 spiro atoms. The molecular formula is C24H21F2N5O4. The van der Waals surface area contributed by atoms with Gasteiger partial charge in [-0.15, -0.1) is 0 Å². The van der Waals surface area contributed by atoms with Crippen molar-refractivity contribution in [3.63, 3.8) is 0 Å². The number of benzene rings is 1. The zero-order valence-corrected chi connectivity index (χ0v) is 18.6. The third-order valence-corrected chi connectivity index (χ3v) is 5.41. The molecule has 9 nitrogen and oxygen atoms in total. The lowest BCUT2D eigenvalue weighted by Crippen LogP contribution is -2.26. The van der Waals surface area contributed by atoms with Crippen LogP contribution in [0.4, 0.5) is 8.78 Å². The molecule has 180 valence electrons. The third-order valence-electron chi connectivity index (χ3n) is 5.41. The highest BCUT2D eigenvalue weighted by molar-refractivity contribution is 6.01. The highest BCUT2D eigenvalue weighted by Crippen LogP contribution is 2.37. The van der Waals surface area contributed by atoms with Crippen LogP contribution >= 0.6 is 0 Å². The van der Waals surface area contributed by atoms with Gasteiger partial charge in [-0.3, -0.25) is 9.20 Å². The van der Waals surface area contributed by atoms with Crippen molar-refractivity contribution in [3.8, 4) is 28.5 Å². The topological polar surface area (TPSA) is 99.9 Å². The molecule has 5 rings (SSSR count). The molecule has 1 aliphatic rings. The Morgan fingerprint density at radius 3 is 2.66 bits per heavy atom. The first kappa shape index (κ1) is 22.5. The van der Waals surface area contributed by atoms with E-state index < -0.39 is 12.5 Å². The van der Waals surface area contributed by atoms with E-state index in [2.05, 4.69) is 20.3 Å². The third kappa shape index (κ3) is 4.98. The quantitative estimate of drug-likeness (QED) is 0.387. The number of nitrogens with one attached hydrogen (secondary N) is 1. The van der Waals surface area contributed by atoms with Crippen LogP contribution in [0.5, 0.6) is 17.2 Å². The number of pyridine rings is 1. The van der Waals surface area contributed by atoms with Crippen LogP contribution in [0.2, 0.25) is 0 Å². The lowest BCUT2D eigenvalue weighted by Gasteiger charge is -2.16. The van der Waals surface area contributed by atoms with Crippen LogP contribution in [0.3, 0.4) is 0 Å². The predicted octanol–water partition coefficient (Wildman–Crippen LogP) is 3.87. The monoisotopic (exact) mass is 481 g/mol. The smallest absolute Gasteiger partial charge is 0.387 e. The summed E-state index contributed by atoms with van der Waals surface area (Å²) in [5.74, 6) is 0.433. The molecule has 1 saturated carbocycles. The molecule has 0 saturated heterocycles. The summed E-state index contributed by atoms with van der Waals surface area (Å²) in [7, 11) is 1.37. The van der Waals surface area contributed by atoms with Crippen molar-refractivity contribution in [2.45, 2.75) is 32.1 Å². The summed E-state index contributed by atoms with van der Waals surface area (Å²) >= 11 is 0. The van der Waals surface area contributed by atoms with Gasteiger partial charge in [0.2, 0.25) is 0 Å². The minimum atomic E-state index is -3.11. The zero-order valence-electron chi connectivity index (χ0n) is 18.6. The maximum Gasteiger partial charge on any atom is 0.387 e. The number of aromatic nitrogens is 4. The SMILES string of the molecule is COc1cc(-c2cnc3cc(OCc4ncccn4)ccn23)cc(OC(F)F)c1C(=O)NC1CC1. The van der Waals surface area contributed by atoms with Gasteiger partial charge < -0.3 is 19.5 Å². The molecule has 3 aromatic heterocycles. The molecule has 3 heterocycles. The molecule has 0 aliphatic heterocycles. The normalized spacial score (nSPS) is 13.1. The van der Waals surface area contributed by atoms with Gasteiger partial charge in [0.15, 0.2) is 5.82 Å². The lowest BCUT2D eigenvalue weighted by atomic mass is 10.1. The van der Waals surface area contributed by atoms with Crippen LogP contribution < -0.4 is 19.5 Å². The fourth-order valence-electron chi connectivity index (χ4n) is 3.61. The number of imidazole rings is 1. The highest BCUT2D eigenvalue weighted by atomic mass is 19.3. The highest BCUT2D eigenvalue weighted by Gasteiger charge is 2.29. The molecule has 0 radical (unpaired) electrons. The number of methoxy groups -OCH3 is 1. The van der Waals surface area contributed by atoms with E-state index in [1.165, 1.54) is 13.2 Å². The molecular weight excluding hydrogens is 460 g/mol. The van der Waals surface area contributed by atoms with Crippen LogP contribution in [0.1, 0.15) is 29.0 Å². The number of carbonyl (C=O) groups excluding carboxylic acids is 1. The Morgan fingerprint density at radius 2 is 1.94 bits per heavy atom. The Hall–Kier alpha value is -4.28. The van der Waals surface area contributed by atoms with Gasteiger partial charge in [-0.2, -0.15) is 8.78 Å². The number of hydrogen-bond donors (Lipinski definition) is 1. The minimum absolute atomic E-state index is 0.0370. The number of rotatable bonds is 9. The van der Waals surface area contributed by atoms with E-state index in [9.17, 15) is 13.6 Å². The number of nitrogens with zero attached hydrogens (tertiary/aromatic N) is 4. The van der Waals surface area contributed by atoms with E-state index in [1.54, 1.807) is 53.5 Å². The van der Waals surface area contributed by atoms with Crippen molar-refractivity contribution in [2.75, 3.05) is 7.11 Å². The molecule has 4 aromatic rings. The number of amides is 1. The van der Waals surface area contributed by atoms with E-state index in [4.69, 9.17) is 14.2 Å². The summed E-state index contributed by atoms with van der Waals surface area (Å²) < 4.78 is 44.0. The van der Waals surface area contributed by atoms with Gasteiger partial charge in [-0.05, 0) is 37.1 Å². The first-order chi connectivity index (χ1) is 17.0. The second-order valence-corrected chi connectivity index (χ2v) is 7.87.